The molecule has 0 bridgehead atoms. The van der Waals surface area contributed by atoms with Gasteiger partial charge in [-0.15, -0.1) is 0 Å². The molecular formula is C28H47NO9. The fourth-order valence-corrected chi connectivity index (χ4v) is 5.48. The molecule has 3 N–H and O–H groups in total. The third kappa shape index (κ3) is 7.70. The third-order valence-corrected chi connectivity index (χ3v) is 7.90. The number of carbonyl (C=O) groups is 3. The summed E-state index contributed by atoms with van der Waals surface area (Å²) in [6.45, 7) is 11.2. The quantitative estimate of drug-likeness (QED) is 0.354. The van der Waals surface area contributed by atoms with Gasteiger partial charge in [0.15, 0.2) is 24.0 Å². The maximum atomic E-state index is 13.5. The molecule has 218 valence electrons. The van der Waals surface area contributed by atoms with Gasteiger partial charge in [0.1, 0.15) is 17.6 Å². The summed E-state index contributed by atoms with van der Waals surface area (Å²) in [7, 11) is 3.73. The van der Waals surface area contributed by atoms with Gasteiger partial charge in [0.05, 0.1) is 18.3 Å². The van der Waals surface area contributed by atoms with Crippen molar-refractivity contribution < 1.29 is 43.9 Å². The molecule has 0 spiro atoms. The predicted octanol–water partition coefficient (Wildman–Crippen LogP) is 1.48. The standard InChI is InChI=1S/C28H47NO9/c1-14-12-15(2)24(37-27-23(33)20(29(8)9)13-16(3)36-27)17(4)22(32)18(5)26(34)38-25(19(6)30)28(7,35)11-10-21(14)31/h10-11,14-20,23-25,27,30,33,35H,12-13H2,1-9H3. The van der Waals surface area contributed by atoms with Crippen molar-refractivity contribution in [3.63, 3.8) is 0 Å². The molecule has 1 saturated heterocycles. The maximum Gasteiger partial charge on any atom is 0.316 e. The number of hydrogen-bond acceptors (Lipinski definition) is 10. The summed E-state index contributed by atoms with van der Waals surface area (Å²) in [5.41, 5.74) is -1.84. The summed E-state index contributed by atoms with van der Waals surface area (Å²) < 4.78 is 17.7. The first kappa shape index (κ1) is 32.5. The van der Waals surface area contributed by atoms with Crippen LogP contribution in [0.1, 0.15) is 61.3 Å². The van der Waals surface area contributed by atoms with Crippen molar-refractivity contribution >= 4 is 17.5 Å². The molecule has 12 atom stereocenters. The number of nitrogens with zero attached hydrogens (tertiary/aromatic N) is 1. The van der Waals surface area contributed by atoms with Gasteiger partial charge >= 0.3 is 5.97 Å². The zero-order chi connectivity index (χ0) is 29.1. The molecule has 38 heavy (non-hydrogen) atoms. The number of esters is 1. The lowest BCUT2D eigenvalue weighted by Gasteiger charge is -2.43. The van der Waals surface area contributed by atoms with Crippen LogP contribution in [0.2, 0.25) is 0 Å². The Kier molecular flexibility index (Phi) is 11.2. The smallest absolute Gasteiger partial charge is 0.316 e. The highest BCUT2D eigenvalue weighted by Gasteiger charge is 2.44. The van der Waals surface area contributed by atoms with E-state index in [2.05, 4.69) is 0 Å². The van der Waals surface area contributed by atoms with Crippen molar-refractivity contribution in [3.8, 4) is 0 Å². The molecule has 12 unspecified atom stereocenters. The number of carbonyl (C=O) groups excluding carboxylic acids is 3. The molecule has 2 aliphatic heterocycles. The van der Waals surface area contributed by atoms with Crippen LogP contribution in [-0.4, -0.2) is 100 Å². The molecule has 2 rings (SSSR count). The van der Waals surface area contributed by atoms with Gasteiger partial charge in [-0.3, -0.25) is 14.4 Å². The average molecular weight is 542 g/mol. The van der Waals surface area contributed by atoms with Crippen LogP contribution < -0.4 is 0 Å². The molecular weight excluding hydrogens is 494 g/mol. The molecule has 0 aliphatic carbocycles. The molecule has 10 heteroatoms. The number of Topliss-reactive ketones (excluding diaryl/α,β-unsaturated/α-hetero) is 1. The fourth-order valence-electron chi connectivity index (χ4n) is 5.48. The van der Waals surface area contributed by atoms with Gasteiger partial charge in [0.25, 0.3) is 0 Å². The molecule has 1 fully saturated rings. The Labute approximate surface area is 226 Å². The zero-order valence-electron chi connectivity index (χ0n) is 24.2. The van der Waals surface area contributed by atoms with Gasteiger partial charge in [0, 0.05) is 17.9 Å². The normalized spacial score (nSPS) is 43.0. The number of aliphatic hydroxyl groups is 3. The largest absolute Gasteiger partial charge is 0.456 e. The van der Waals surface area contributed by atoms with E-state index < -0.39 is 65.8 Å². The van der Waals surface area contributed by atoms with Gasteiger partial charge in [-0.05, 0) is 72.7 Å². The second-order valence-electron chi connectivity index (χ2n) is 11.8. The molecule has 0 aromatic carbocycles. The van der Waals surface area contributed by atoms with E-state index in [1.807, 2.05) is 32.8 Å². The van der Waals surface area contributed by atoms with E-state index in [0.29, 0.717) is 12.8 Å². The van der Waals surface area contributed by atoms with Gasteiger partial charge in [0.2, 0.25) is 0 Å². The Morgan fingerprint density at radius 2 is 1.71 bits per heavy atom. The molecule has 2 aliphatic rings. The van der Waals surface area contributed by atoms with Crippen molar-refractivity contribution in [1.29, 1.82) is 0 Å². The number of aliphatic hydroxyl groups excluding tert-OH is 2. The summed E-state index contributed by atoms with van der Waals surface area (Å²) >= 11 is 0. The Hall–Kier alpha value is -1.69. The summed E-state index contributed by atoms with van der Waals surface area (Å²) in [5.74, 6) is -4.47. The lowest BCUT2D eigenvalue weighted by molar-refractivity contribution is -0.278. The number of hydrogen-bond donors (Lipinski definition) is 3. The van der Waals surface area contributed by atoms with Crippen molar-refractivity contribution in [1.82, 2.24) is 4.90 Å². The summed E-state index contributed by atoms with van der Waals surface area (Å²) in [6.07, 6.45) is -2.21. The SMILES string of the molecule is CC1CC(N(C)C)C(O)C(OC2C(C)CC(C)C(=O)C=CC(C)(O)C(C(C)O)OC(=O)C(C)C(=O)C2C)O1. The maximum absolute atomic E-state index is 13.5. The molecule has 2 heterocycles. The Morgan fingerprint density at radius 1 is 1.11 bits per heavy atom. The molecule has 0 radical (unpaired) electrons. The van der Waals surface area contributed by atoms with Crippen molar-refractivity contribution in [3.05, 3.63) is 12.2 Å². The highest BCUT2D eigenvalue weighted by Crippen LogP contribution is 2.32. The van der Waals surface area contributed by atoms with Gasteiger partial charge in [-0.2, -0.15) is 0 Å². The van der Waals surface area contributed by atoms with Crippen LogP contribution in [0.25, 0.3) is 0 Å². The highest BCUT2D eigenvalue weighted by atomic mass is 16.7. The first-order valence-corrected chi connectivity index (χ1v) is 13.5. The molecule has 0 aromatic heterocycles. The van der Waals surface area contributed by atoms with Crippen molar-refractivity contribution in [2.75, 3.05) is 14.1 Å². The van der Waals surface area contributed by atoms with E-state index in [-0.39, 0.29) is 23.8 Å². The first-order valence-electron chi connectivity index (χ1n) is 13.5. The monoisotopic (exact) mass is 541 g/mol. The average Bonchev–Trinajstić information content (AvgIpc) is 2.83. The van der Waals surface area contributed by atoms with Crippen LogP contribution in [0.5, 0.6) is 0 Å². The van der Waals surface area contributed by atoms with E-state index in [1.54, 1.807) is 13.8 Å². The first-order chi connectivity index (χ1) is 17.5. The third-order valence-electron chi connectivity index (χ3n) is 7.90. The van der Waals surface area contributed by atoms with Gasteiger partial charge in [-0.1, -0.05) is 20.8 Å². The van der Waals surface area contributed by atoms with E-state index in [9.17, 15) is 29.7 Å². The van der Waals surface area contributed by atoms with E-state index in [1.165, 1.54) is 32.9 Å². The van der Waals surface area contributed by atoms with Gasteiger partial charge < -0.3 is 34.4 Å². The minimum Gasteiger partial charge on any atom is -0.456 e. The highest BCUT2D eigenvalue weighted by molar-refractivity contribution is 6.00. The number of rotatable bonds is 4. The minimum absolute atomic E-state index is 0.194. The lowest BCUT2D eigenvalue weighted by Crippen LogP contribution is -2.56. The topological polar surface area (TPSA) is 143 Å². The molecule has 0 amide bonds. The number of ketones is 2. The van der Waals surface area contributed by atoms with Crippen LogP contribution in [0.4, 0.5) is 0 Å². The number of allylic oxidation sites excluding steroid dienone is 1. The Morgan fingerprint density at radius 3 is 2.26 bits per heavy atom. The number of cyclic esters (lactones) is 1. The Bertz CT molecular complexity index is 870. The molecule has 0 saturated carbocycles. The van der Waals surface area contributed by atoms with E-state index in [0.717, 1.165) is 0 Å². The lowest BCUT2D eigenvalue weighted by atomic mass is 9.80. The molecule has 0 aromatic rings. The second kappa shape index (κ2) is 13.1. The summed E-state index contributed by atoms with van der Waals surface area (Å²) in [5, 5.41) is 32.1. The van der Waals surface area contributed by atoms with Crippen molar-refractivity contribution in [2.45, 2.75) is 110 Å². The van der Waals surface area contributed by atoms with Crippen molar-refractivity contribution in [2.24, 2.45) is 23.7 Å². The molecule has 10 nitrogen and oxygen atoms in total. The van der Waals surface area contributed by atoms with Crippen LogP contribution in [-0.2, 0) is 28.6 Å². The van der Waals surface area contributed by atoms with E-state index >= 15 is 0 Å². The van der Waals surface area contributed by atoms with Crippen LogP contribution in [0.15, 0.2) is 12.2 Å². The summed E-state index contributed by atoms with van der Waals surface area (Å²) in [4.78, 5) is 41.3. The minimum atomic E-state index is -1.84. The summed E-state index contributed by atoms with van der Waals surface area (Å²) in [6, 6.07) is -0.215. The second-order valence-corrected chi connectivity index (χ2v) is 11.8. The Balaban J connectivity index is 2.46. The van der Waals surface area contributed by atoms with Crippen LogP contribution >= 0.6 is 0 Å². The zero-order valence-corrected chi connectivity index (χ0v) is 24.2. The van der Waals surface area contributed by atoms with Gasteiger partial charge in [-0.25, -0.2) is 0 Å². The number of ether oxygens (including phenoxy) is 3. The van der Waals surface area contributed by atoms with E-state index in [4.69, 9.17) is 14.2 Å². The van der Waals surface area contributed by atoms with Crippen LogP contribution in [0.3, 0.4) is 0 Å². The number of likely N-dealkylation sites (N-methyl/N-ethyl adjacent to an activating group) is 1. The predicted molar refractivity (Wildman–Crippen MR) is 140 cm³/mol. The fraction of sp³-hybridized carbons (Fsp3) is 0.821. The van der Waals surface area contributed by atoms with Crippen LogP contribution in [0, 0.1) is 23.7 Å².